The standard InChI is InChI=1S/C13H28N2/c1-10(2)8-15-9-11(3)14-7-12(15)13(4,5)6/h10-12,14H,7-9H2,1-6H3. The Hall–Kier alpha value is -0.0800. The minimum atomic E-state index is 0.377. The predicted octanol–water partition coefficient (Wildman–Crippen LogP) is 2.35. The second-order valence-corrected chi connectivity index (χ2v) is 6.54. The second kappa shape index (κ2) is 4.84. The van der Waals surface area contributed by atoms with E-state index in [9.17, 15) is 0 Å². The Morgan fingerprint density at radius 1 is 1.33 bits per heavy atom. The van der Waals surface area contributed by atoms with E-state index in [2.05, 4.69) is 51.8 Å². The number of rotatable bonds is 2. The summed E-state index contributed by atoms with van der Waals surface area (Å²) in [6, 6.07) is 1.32. The molecule has 90 valence electrons. The lowest BCUT2D eigenvalue weighted by Gasteiger charge is -2.46. The molecule has 0 aromatic carbocycles. The Kier molecular flexibility index (Phi) is 4.19. The van der Waals surface area contributed by atoms with Gasteiger partial charge in [0.1, 0.15) is 0 Å². The lowest BCUT2D eigenvalue weighted by atomic mass is 9.83. The third-order valence-corrected chi connectivity index (χ3v) is 3.21. The molecule has 1 saturated heterocycles. The van der Waals surface area contributed by atoms with Gasteiger partial charge in [0.05, 0.1) is 0 Å². The molecule has 2 nitrogen and oxygen atoms in total. The van der Waals surface area contributed by atoms with Crippen molar-refractivity contribution in [3.8, 4) is 0 Å². The van der Waals surface area contributed by atoms with Crippen molar-refractivity contribution in [3.05, 3.63) is 0 Å². The van der Waals surface area contributed by atoms with Crippen LogP contribution in [0.3, 0.4) is 0 Å². The average molecular weight is 212 g/mol. The molecule has 0 aromatic rings. The molecule has 0 spiro atoms. The highest BCUT2D eigenvalue weighted by atomic mass is 15.2. The first-order valence-electron chi connectivity index (χ1n) is 6.28. The number of hydrogen-bond acceptors (Lipinski definition) is 2. The molecule has 0 amide bonds. The van der Waals surface area contributed by atoms with E-state index >= 15 is 0 Å². The Morgan fingerprint density at radius 3 is 2.40 bits per heavy atom. The normalized spacial score (nSPS) is 29.8. The van der Waals surface area contributed by atoms with Crippen molar-refractivity contribution in [3.63, 3.8) is 0 Å². The van der Waals surface area contributed by atoms with Gasteiger partial charge in [-0.25, -0.2) is 0 Å². The molecule has 1 N–H and O–H groups in total. The third-order valence-electron chi connectivity index (χ3n) is 3.21. The third kappa shape index (κ3) is 3.76. The zero-order chi connectivity index (χ0) is 11.6. The van der Waals surface area contributed by atoms with Gasteiger partial charge in [-0.2, -0.15) is 0 Å². The molecule has 2 unspecified atom stereocenters. The van der Waals surface area contributed by atoms with Crippen LogP contribution in [0, 0.1) is 11.3 Å². The van der Waals surface area contributed by atoms with Crippen LogP contribution in [0.5, 0.6) is 0 Å². The fraction of sp³-hybridized carbons (Fsp3) is 1.00. The molecular weight excluding hydrogens is 184 g/mol. The first-order chi connectivity index (χ1) is 6.80. The van der Waals surface area contributed by atoms with E-state index in [1.807, 2.05) is 0 Å². The Bertz CT molecular complexity index is 191. The summed E-state index contributed by atoms with van der Waals surface area (Å²) in [6.45, 7) is 17.5. The number of nitrogens with zero attached hydrogens (tertiary/aromatic N) is 1. The monoisotopic (exact) mass is 212 g/mol. The van der Waals surface area contributed by atoms with Gasteiger partial charge in [0, 0.05) is 31.7 Å². The quantitative estimate of drug-likeness (QED) is 0.756. The fourth-order valence-corrected chi connectivity index (χ4v) is 2.51. The summed E-state index contributed by atoms with van der Waals surface area (Å²) in [5.41, 5.74) is 0.377. The molecule has 0 saturated carbocycles. The van der Waals surface area contributed by atoms with Crippen molar-refractivity contribution in [2.45, 2.75) is 53.6 Å². The molecular formula is C13H28N2. The molecule has 2 atom stereocenters. The van der Waals surface area contributed by atoms with Crippen molar-refractivity contribution in [1.82, 2.24) is 10.2 Å². The Morgan fingerprint density at radius 2 is 1.93 bits per heavy atom. The lowest BCUT2D eigenvalue weighted by Crippen LogP contribution is -2.60. The van der Waals surface area contributed by atoms with Gasteiger partial charge in [-0.3, -0.25) is 4.90 Å². The maximum absolute atomic E-state index is 3.60. The van der Waals surface area contributed by atoms with Gasteiger partial charge < -0.3 is 5.32 Å². The summed E-state index contributed by atoms with van der Waals surface area (Å²) in [7, 11) is 0. The fourth-order valence-electron chi connectivity index (χ4n) is 2.51. The zero-order valence-electron chi connectivity index (χ0n) is 11.3. The Balaban J connectivity index is 2.66. The van der Waals surface area contributed by atoms with E-state index in [-0.39, 0.29) is 0 Å². The molecule has 1 aliphatic rings. The van der Waals surface area contributed by atoms with Gasteiger partial charge >= 0.3 is 0 Å². The van der Waals surface area contributed by atoms with Crippen LogP contribution in [0.15, 0.2) is 0 Å². The van der Waals surface area contributed by atoms with E-state index in [1.54, 1.807) is 0 Å². The predicted molar refractivity (Wildman–Crippen MR) is 67.1 cm³/mol. The molecule has 0 aromatic heterocycles. The molecule has 1 rings (SSSR count). The van der Waals surface area contributed by atoms with Gasteiger partial charge in [-0.1, -0.05) is 34.6 Å². The van der Waals surface area contributed by atoms with Gasteiger partial charge in [0.15, 0.2) is 0 Å². The van der Waals surface area contributed by atoms with E-state index < -0.39 is 0 Å². The van der Waals surface area contributed by atoms with Crippen LogP contribution in [0.4, 0.5) is 0 Å². The largest absolute Gasteiger partial charge is 0.311 e. The van der Waals surface area contributed by atoms with E-state index in [1.165, 1.54) is 13.1 Å². The van der Waals surface area contributed by atoms with Crippen molar-refractivity contribution >= 4 is 0 Å². The SMILES string of the molecule is CC(C)CN1CC(C)NCC1C(C)(C)C. The molecule has 2 heteroatoms. The maximum Gasteiger partial charge on any atom is 0.0269 e. The summed E-state index contributed by atoms with van der Waals surface area (Å²) in [6.07, 6.45) is 0. The minimum Gasteiger partial charge on any atom is -0.311 e. The van der Waals surface area contributed by atoms with Gasteiger partial charge in [-0.15, -0.1) is 0 Å². The summed E-state index contributed by atoms with van der Waals surface area (Å²) in [4.78, 5) is 2.67. The minimum absolute atomic E-state index is 0.377. The molecule has 1 heterocycles. The maximum atomic E-state index is 3.60. The number of hydrogen-bond donors (Lipinski definition) is 1. The molecule has 1 fully saturated rings. The summed E-state index contributed by atoms with van der Waals surface area (Å²) < 4.78 is 0. The van der Waals surface area contributed by atoms with Crippen LogP contribution in [-0.2, 0) is 0 Å². The van der Waals surface area contributed by atoms with Crippen LogP contribution in [0.1, 0.15) is 41.5 Å². The van der Waals surface area contributed by atoms with Crippen LogP contribution in [0.2, 0.25) is 0 Å². The average Bonchev–Trinajstić information content (AvgIpc) is 1.99. The molecule has 0 radical (unpaired) electrons. The van der Waals surface area contributed by atoms with Crippen molar-refractivity contribution in [1.29, 1.82) is 0 Å². The van der Waals surface area contributed by atoms with Crippen LogP contribution in [-0.4, -0.2) is 36.6 Å². The molecule has 1 aliphatic heterocycles. The van der Waals surface area contributed by atoms with E-state index in [4.69, 9.17) is 0 Å². The topological polar surface area (TPSA) is 15.3 Å². The van der Waals surface area contributed by atoms with Gasteiger partial charge in [0.2, 0.25) is 0 Å². The molecule has 0 bridgehead atoms. The second-order valence-electron chi connectivity index (χ2n) is 6.54. The van der Waals surface area contributed by atoms with Gasteiger partial charge in [-0.05, 0) is 18.3 Å². The first kappa shape index (κ1) is 13.0. The summed E-state index contributed by atoms with van der Waals surface area (Å²) >= 11 is 0. The summed E-state index contributed by atoms with van der Waals surface area (Å²) in [5, 5.41) is 3.60. The van der Waals surface area contributed by atoms with Crippen molar-refractivity contribution in [2.75, 3.05) is 19.6 Å². The lowest BCUT2D eigenvalue weighted by molar-refractivity contribution is 0.0498. The smallest absolute Gasteiger partial charge is 0.0269 e. The van der Waals surface area contributed by atoms with Gasteiger partial charge in [0.25, 0.3) is 0 Å². The summed E-state index contributed by atoms with van der Waals surface area (Å²) in [5.74, 6) is 0.764. The van der Waals surface area contributed by atoms with Crippen molar-refractivity contribution in [2.24, 2.45) is 11.3 Å². The van der Waals surface area contributed by atoms with E-state index in [0.29, 0.717) is 17.5 Å². The highest BCUT2D eigenvalue weighted by Gasteiger charge is 2.34. The van der Waals surface area contributed by atoms with Crippen molar-refractivity contribution < 1.29 is 0 Å². The molecule has 0 aliphatic carbocycles. The number of nitrogens with one attached hydrogen (secondary N) is 1. The number of piperazine rings is 1. The Labute approximate surface area is 95.4 Å². The van der Waals surface area contributed by atoms with Crippen LogP contribution >= 0.6 is 0 Å². The highest BCUT2D eigenvalue weighted by molar-refractivity contribution is 4.91. The molecule has 15 heavy (non-hydrogen) atoms. The van der Waals surface area contributed by atoms with Crippen LogP contribution < -0.4 is 5.32 Å². The first-order valence-corrected chi connectivity index (χ1v) is 6.28. The zero-order valence-corrected chi connectivity index (χ0v) is 11.3. The highest BCUT2D eigenvalue weighted by Crippen LogP contribution is 2.26. The van der Waals surface area contributed by atoms with Crippen LogP contribution in [0.25, 0.3) is 0 Å². The van der Waals surface area contributed by atoms with E-state index in [0.717, 1.165) is 12.5 Å².